The van der Waals surface area contributed by atoms with E-state index < -0.39 is 0 Å². The summed E-state index contributed by atoms with van der Waals surface area (Å²) in [7, 11) is 0. The van der Waals surface area contributed by atoms with E-state index in [-0.39, 0.29) is 5.75 Å². The van der Waals surface area contributed by atoms with Gasteiger partial charge in [-0.1, -0.05) is 41.9 Å². The van der Waals surface area contributed by atoms with Gasteiger partial charge in [0.15, 0.2) is 0 Å². The van der Waals surface area contributed by atoms with Crippen LogP contribution in [0.4, 0.5) is 11.4 Å². The Kier molecular flexibility index (Phi) is 3.59. The minimum atomic E-state index is 0.114. The number of aryl methyl sites for hydroxylation is 1. The third-order valence-electron chi connectivity index (χ3n) is 3.29. The van der Waals surface area contributed by atoms with Crippen molar-refractivity contribution in [3.05, 3.63) is 65.2 Å². The molecule has 0 aliphatic carbocycles. The van der Waals surface area contributed by atoms with Gasteiger partial charge < -0.3 is 5.11 Å². The predicted octanol–water partition coefficient (Wildman–Crippen LogP) is 5.92. The molecule has 1 N–H and O–H groups in total. The molecule has 0 aliphatic heterocycles. The molecule has 0 heterocycles. The topological polar surface area (TPSA) is 45.0 Å². The molecule has 104 valence electrons. The average molecular weight is 297 g/mol. The Labute approximate surface area is 127 Å². The number of phenols is 1. The van der Waals surface area contributed by atoms with Crippen LogP contribution >= 0.6 is 11.6 Å². The van der Waals surface area contributed by atoms with Gasteiger partial charge >= 0.3 is 0 Å². The summed E-state index contributed by atoms with van der Waals surface area (Å²) >= 11 is 5.99. The second-order valence-electron chi connectivity index (χ2n) is 4.79. The highest BCUT2D eigenvalue weighted by atomic mass is 35.5. The lowest BCUT2D eigenvalue weighted by Crippen LogP contribution is -1.75. The first-order valence-corrected chi connectivity index (χ1v) is 6.91. The van der Waals surface area contributed by atoms with Crippen molar-refractivity contribution in [1.82, 2.24) is 0 Å². The van der Waals surface area contributed by atoms with E-state index in [1.807, 2.05) is 43.3 Å². The number of benzene rings is 3. The Bertz CT molecular complexity index is 843. The summed E-state index contributed by atoms with van der Waals surface area (Å²) in [5.74, 6) is 0.114. The standard InChI is InChI=1S/C17H13ClN2O/c1-11-10-13(7-8-15(11)18)19-20-17-14-5-3-2-4-12(14)6-9-16(17)21/h2-10,21H,1H3. The number of nitrogens with zero attached hydrogens (tertiary/aromatic N) is 2. The summed E-state index contributed by atoms with van der Waals surface area (Å²) in [6.45, 7) is 1.91. The van der Waals surface area contributed by atoms with Crippen LogP contribution in [0, 0.1) is 6.92 Å². The maximum Gasteiger partial charge on any atom is 0.143 e. The van der Waals surface area contributed by atoms with Gasteiger partial charge in [-0.05, 0) is 42.1 Å². The lowest BCUT2D eigenvalue weighted by Gasteiger charge is -2.04. The van der Waals surface area contributed by atoms with Crippen LogP contribution in [0.3, 0.4) is 0 Å². The molecule has 0 aliphatic rings. The Hall–Kier alpha value is -2.39. The van der Waals surface area contributed by atoms with Gasteiger partial charge in [0.25, 0.3) is 0 Å². The molecule has 0 amide bonds. The quantitative estimate of drug-likeness (QED) is 0.586. The van der Waals surface area contributed by atoms with Crippen molar-refractivity contribution in [2.24, 2.45) is 10.2 Å². The van der Waals surface area contributed by atoms with Gasteiger partial charge in [-0.25, -0.2) is 0 Å². The second-order valence-corrected chi connectivity index (χ2v) is 5.20. The van der Waals surface area contributed by atoms with E-state index in [2.05, 4.69) is 10.2 Å². The first-order valence-electron chi connectivity index (χ1n) is 6.54. The molecule has 0 spiro atoms. The van der Waals surface area contributed by atoms with Crippen molar-refractivity contribution < 1.29 is 5.11 Å². The first-order chi connectivity index (χ1) is 10.1. The number of hydrogen-bond acceptors (Lipinski definition) is 3. The number of fused-ring (bicyclic) bond motifs is 1. The molecule has 0 atom stereocenters. The predicted molar refractivity (Wildman–Crippen MR) is 86.0 cm³/mol. The van der Waals surface area contributed by atoms with Crippen molar-refractivity contribution in [3.63, 3.8) is 0 Å². The largest absolute Gasteiger partial charge is 0.506 e. The summed E-state index contributed by atoms with van der Waals surface area (Å²) in [4.78, 5) is 0. The molecule has 0 saturated heterocycles. The van der Waals surface area contributed by atoms with Crippen LogP contribution in [0.25, 0.3) is 10.8 Å². The first kappa shape index (κ1) is 13.6. The molecule has 0 bridgehead atoms. The van der Waals surface area contributed by atoms with E-state index >= 15 is 0 Å². The molecule has 0 saturated carbocycles. The van der Waals surface area contributed by atoms with Crippen LogP contribution in [-0.4, -0.2) is 5.11 Å². The smallest absolute Gasteiger partial charge is 0.143 e. The SMILES string of the molecule is Cc1cc(N=Nc2c(O)ccc3ccccc23)ccc1Cl. The molecule has 3 aromatic carbocycles. The monoisotopic (exact) mass is 296 g/mol. The lowest BCUT2D eigenvalue weighted by molar-refractivity contribution is 0.477. The lowest BCUT2D eigenvalue weighted by atomic mass is 10.1. The van der Waals surface area contributed by atoms with Gasteiger partial charge in [0, 0.05) is 10.4 Å². The number of halogens is 1. The second kappa shape index (κ2) is 5.54. The average Bonchev–Trinajstić information content (AvgIpc) is 2.50. The minimum absolute atomic E-state index is 0.114. The number of rotatable bonds is 2. The van der Waals surface area contributed by atoms with E-state index in [0.29, 0.717) is 16.4 Å². The van der Waals surface area contributed by atoms with Crippen LogP contribution in [-0.2, 0) is 0 Å². The van der Waals surface area contributed by atoms with E-state index in [9.17, 15) is 5.11 Å². The third kappa shape index (κ3) is 2.73. The Morgan fingerprint density at radius 1 is 0.952 bits per heavy atom. The highest BCUT2D eigenvalue weighted by Gasteiger charge is 2.05. The summed E-state index contributed by atoms with van der Waals surface area (Å²) in [5.41, 5.74) is 2.11. The van der Waals surface area contributed by atoms with Crippen LogP contribution in [0.15, 0.2) is 64.8 Å². The Morgan fingerprint density at radius 3 is 2.57 bits per heavy atom. The molecule has 3 rings (SSSR count). The molecule has 0 fully saturated rings. The van der Waals surface area contributed by atoms with Crippen molar-refractivity contribution in [2.75, 3.05) is 0 Å². The normalized spacial score (nSPS) is 11.3. The van der Waals surface area contributed by atoms with E-state index in [1.165, 1.54) is 0 Å². The number of azo groups is 1. The fourth-order valence-corrected chi connectivity index (χ4v) is 2.27. The molecule has 3 nitrogen and oxygen atoms in total. The molecule has 0 unspecified atom stereocenters. The van der Waals surface area contributed by atoms with Crippen LogP contribution in [0.5, 0.6) is 5.75 Å². The van der Waals surface area contributed by atoms with Crippen molar-refractivity contribution in [1.29, 1.82) is 0 Å². The number of aromatic hydroxyl groups is 1. The van der Waals surface area contributed by atoms with E-state index in [4.69, 9.17) is 11.6 Å². The van der Waals surface area contributed by atoms with Crippen molar-refractivity contribution in [2.45, 2.75) is 6.92 Å². The van der Waals surface area contributed by atoms with Gasteiger partial charge in [-0.15, -0.1) is 5.11 Å². The Balaban J connectivity index is 2.06. The van der Waals surface area contributed by atoms with E-state index in [0.717, 1.165) is 16.3 Å². The molecule has 4 heteroatoms. The summed E-state index contributed by atoms with van der Waals surface area (Å²) in [6, 6.07) is 16.7. The molecule has 0 radical (unpaired) electrons. The molecular formula is C17H13ClN2O. The minimum Gasteiger partial charge on any atom is -0.506 e. The Morgan fingerprint density at radius 2 is 1.76 bits per heavy atom. The number of phenolic OH excluding ortho intramolecular Hbond substituents is 1. The van der Waals surface area contributed by atoms with Crippen LogP contribution in [0.2, 0.25) is 5.02 Å². The third-order valence-corrected chi connectivity index (χ3v) is 3.71. The van der Waals surface area contributed by atoms with E-state index in [1.54, 1.807) is 18.2 Å². The van der Waals surface area contributed by atoms with Crippen molar-refractivity contribution in [3.8, 4) is 5.75 Å². The zero-order valence-electron chi connectivity index (χ0n) is 11.4. The van der Waals surface area contributed by atoms with Gasteiger partial charge in [0.1, 0.15) is 11.4 Å². The zero-order chi connectivity index (χ0) is 14.8. The highest BCUT2D eigenvalue weighted by Crippen LogP contribution is 2.36. The zero-order valence-corrected chi connectivity index (χ0v) is 12.2. The maximum atomic E-state index is 10.0. The maximum absolute atomic E-state index is 10.0. The highest BCUT2D eigenvalue weighted by molar-refractivity contribution is 6.31. The summed E-state index contributed by atoms with van der Waals surface area (Å²) in [6.07, 6.45) is 0. The molecule has 21 heavy (non-hydrogen) atoms. The molecule has 0 aromatic heterocycles. The summed E-state index contributed by atoms with van der Waals surface area (Å²) < 4.78 is 0. The fraction of sp³-hybridized carbons (Fsp3) is 0.0588. The van der Waals surface area contributed by atoms with Crippen LogP contribution < -0.4 is 0 Å². The molecular weight excluding hydrogens is 284 g/mol. The van der Waals surface area contributed by atoms with Gasteiger partial charge in [-0.2, -0.15) is 5.11 Å². The van der Waals surface area contributed by atoms with Gasteiger partial charge in [-0.3, -0.25) is 0 Å². The van der Waals surface area contributed by atoms with Gasteiger partial charge in [0.2, 0.25) is 0 Å². The molecule has 3 aromatic rings. The summed E-state index contributed by atoms with van der Waals surface area (Å²) in [5, 5.41) is 21.0. The van der Waals surface area contributed by atoms with Crippen molar-refractivity contribution >= 4 is 33.7 Å². The van der Waals surface area contributed by atoms with Crippen LogP contribution in [0.1, 0.15) is 5.56 Å². The van der Waals surface area contributed by atoms with Gasteiger partial charge in [0.05, 0.1) is 5.69 Å². The number of hydrogen-bond donors (Lipinski definition) is 1. The fourth-order valence-electron chi connectivity index (χ4n) is 2.15.